The first-order chi connectivity index (χ1) is 9.63. The van der Waals surface area contributed by atoms with Crippen LogP contribution in [0.3, 0.4) is 0 Å². The molecule has 1 aliphatic carbocycles. The lowest BCUT2D eigenvalue weighted by atomic mass is 10.1. The molecule has 0 radical (unpaired) electrons. The van der Waals surface area contributed by atoms with Gasteiger partial charge in [0.15, 0.2) is 0 Å². The lowest BCUT2D eigenvalue weighted by Gasteiger charge is -2.32. The van der Waals surface area contributed by atoms with Crippen LogP contribution in [0.2, 0.25) is 0 Å². The molecule has 0 aliphatic heterocycles. The normalized spacial score (nSPS) is 15.8. The summed E-state index contributed by atoms with van der Waals surface area (Å²) in [4.78, 5) is 11.2. The van der Waals surface area contributed by atoms with E-state index in [1.165, 1.54) is 32.1 Å². The fourth-order valence-corrected chi connectivity index (χ4v) is 2.95. The summed E-state index contributed by atoms with van der Waals surface area (Å²) in [6, 6.07) is 0.618. The molecule has 5 nitrogen and oxygen atoms in total. The Labute approximate surface area is 121 Å². The van der Waals surface area contributed by atoms with Crippen molar-refractivity contribution in [2.45, 2.75) is 58.9 Å². The average molecular weight is 277 g/mol. The van der Waals surface area contributed by atoms with E-state index in [1.807, 2.05) is 6.92 Å². The maximum absolute atomic E-state index is 5.54. The standard InChI is InChI=1S/C15H27N5/c1-11(2)8-9-20(13-6-4-5-7-13)15-12(3)14(19-16)17-10-18-15/h10-11,13H,4-9,16H2,1-3H3,(H,17,18,19). The predicted octanol–water partition coefficient (Wildman–Crippen LogP) is 2.87. The third-order valence-electron chi connectivity index (χ3n) is 4.18. The first kappa shape index (κ1) is 15.0. The van der Waals surface area contributed by atoms with E-state index in [0.29, 0.717) is 12.0 Å². The fraction of sp³-hybridized carbons (Fsp3) is 0.733. The summed E-state index contributed by atoms with van der Waals surface area (Å²) in [6.45, 7) is 7.64. The quantitative estimate of drug-likeness (QED) is 0.618. The van der Waals surface area contributed by atoms with E-state index in [1.54, 1.807) is 6.33 Å². The van der Waals surface area contributed by atoms with Gasteiger partial charge in [-0.05, 0) is 32.1 Å². The van der Waals surface area contributed by atoms with Gasteiger partial charge in [-0.1, -0.05) is 26.7 Å². The van der Waals surface area contributed by atoms with Gasteiger partial charge in [0.25, 0.3) is 0 Å². The van der Waals surface area contributed by atoms with E-state index in [4.69, 9.17) is 5.84 Å². The van der Waals surface area contributed by atoms with Crippen molar-refractivity contribution in [1.29, 1.82) is 0 Å². The number of hydrogen-bond acceptors (Lipinski definition) is 5. The van der Waals surface area contributed by atoms with Gasteiger partial charge in [-0.15, -0.1) is 0 Å². The second kappa shape index (κ2) is 6.88. The summed E-state index contributed by atoms with van der Waals surface area (Å²) >= 11 is 0. The molecule has 0 bridgehead atoms. The average Bonchev–Trinajstić information content (AvgIpc) is 2.94. The number of hydrazine groups is 1. The zero-order valence-corrected chi connectivity index (χ0v) is 12.9. The molecule has 0 atom stereocenters. The Bertz CT molecular complexity index is 426. The first-order valence-electron chi connectivity index (χ1n) is 7.68. The van der Waals surface area contributed by atoms with Crippen LogP contribution in [0.5, 0.6) is 0 Å². The first-order valence-corrected chi connectivity index (χ1v) is 7.68. The van der Waals surface area contributed by atoms with Crippen LogP contribution in [0.4, 0.5) is 11.6 Å². The van der Waals surface area contributed by atoms with Crippen molar-refractivity contribution in [3.05, 3.63) is 11.9 Å². The van der Waals surface area contributed by atoms with Gasteiger partial charge in [-0.25, -0.2) is 15.8 Å². The van der Waals surface area contributed by atoms with Gasteiger partial charge in [-0.3, -0.25) is 0 Å². The van der Waals surface area contributed by atoms with Crippen LogP contribution in [-0.2, 0) is 0 Å². The van der Waals surface area contributed by atoms with Crippen molar-refractivity contribution in [1.82, 2.24) is 9.97 Å². The maximum Gasteiger partial charge on any atom is 0.148 e. The third kappa shape index (κ3) is 3.39. The molecule has 1 fully saturated rings. The zero-order chi connectivity index (χ0) is 14.5. The molecule has 1 saturated carbocycles. The number of aromatic nitrogens is 2. The highest BCUT2D eigenvalue weighted by atomic mass is 15.3. The van der Waals surface area contributed by atoms with E-state index in [0.717, 1.165) is 23.7 Å². The Balaban J connectivity index is 2.25. The summed E-state index contributed by atoms with van der Waals surface area (Å²) in [7, 11) is 0. The molecule has 3 N–H and O–H groups in total. The topological polar surface area (TPSA) is 67.1 Å². The third-order valence-corrected chi connectivity index (χ3v) is 4.18. The maximum atomic E-state index is 5.54. The minimum atomic E-state index is 0.618. The molecule has 20 heavy (non-hydrogen) atoms. The van der Waals surface area contributed by atoms with E-state index in [-0.39, 0.29) is 0 Å². The molecule has 1 aromatic rings. The Hall–Kier alpha value is -1.36. The summed E-state index contributed by atoms with van der Waals surface area (Å²) < 4.78 is 0. The molecular weight excluding hydrogens is 250 g/mol. The van der Waals surface area contributed by atoms with Crippen molar-refractivity contribution in [2.24, 2.45) is 11.8 Å². The van der Waals surface area contributed by atoms with Crippen molar-refractivity contribution in [3.8, 4) is 0 Å². The number of hydrogen-bond donors (Lipinski definition) is 2. The Morgan fingerprint density at radius 2 is 2.05 bits per heavy atom. The molecule has 0 spiro atoms. The Kier molecular flexibility index (Phi) is 5.17. The summed E-state index contributed by atoms with van der Waals surface area (Å²) in [6.07, 6.45) is 7.99. The molecule has 2 rings (SSSR count). The minimum absolute atomic E-state index is 0.618. The Morgan fingerprint density at radius 1 is 1.35 bits per heavy atom. The SMILES string of the molecule is Cc1c(NN)ncnc1N(CCC(C)C)C1CCCC1. The number of nitrogens with two attached hydrogens (primary N) is 1. The molecule has 0 aromatic carbocycles. The molecule has 1 aliphatic rings. The molecule has 112 valence electrons. The highest BCUT2D eigenvalue weighted by molar-refractivity contribution is 5.58. The van der Waals surface area contributed by atoms with Crippen LogP contribution < -0.4 is 16.2 Å². The smallest absolute Gasteiger partial charge is 0.148 e. The lowest BCUT2D eigenvalue weighted by molar-refractivity contribution is 0.524. The van der Waals surface area contributed by atoms with E-state index in [9.17, 15) is 0 Å². The van der Waals surface area contributed by atoms with Gasteiger partial charge < -0.3 is 10.3 Å². The highest BCUT2D eigenvalue weighted by Crippen LogP contribution is 2.31. The molecule has 0 amide bonds. The van der Waals surface area contributed by atoms with Crippen LogP contribution in [0.1, 0.15) is 51.5 Å². The zero-order valence-electron chi connectivity index (χ0n) is 12.9. The van der Waals surface area contributed by atoms with E-state index in [2.05, 4.69) is 34.1 Å². The van der Waals surface area contributed by atoms with E-state index >= 15 is 0 Å². The van der Waals surface area contributed by atoms with Crippen molar-refractivity contribution in [2.75, 3.05) is 16.9 Å². The largest absolute Gasteiger partial charge is 0.353 e. The van der Waals surface area contributed by atoms with Crippen molar-refractivity contribution < 1.29 is 0 Å². The lowest BCUT2D eigenvalue weighted by Crippen LogP contribution is -2.36. The molecule has 0 unspecified atom stereocenters. The molecular formula is C15H27N5. The second-order valence-corrected chi connectivity index (χ2v) is 6.13. The molecule has 5 heteroatoms. The van der Waals surface area contributed by atoms with Gasteiger partial charge in [0.05, 0.1) is 0 Å². The van der Waals surface area contributed by atoms with Crippen LogP contribution in [0.25, 0.3) is 0 Å². The summed E-state index contributed by atoms with van der Waals surface area (Å²) in [5, 5.41) is 0. The van der Waals surface area contributed by atoms with Gasteiger partial charge >= 0.3 is 0 Å². The number of nitrogens with one attached hydrogen (secondary N) is 1. The van der Waals surface area contributed by atoms with Gasteiger partial charge in [-0.2, -0.15) is 0 Å². The predicted molar refractivity (Wildman–Crippen MR) is 83.6 cm³/mol. The van der Waals surface area contributed by atoms with Crippen LogP contribution in [0, 0.1) is 12.8 Å². The number of nitrogens with zero attached hydrogens (tertiary/aromatic N) is 3. The van der Waals surface area contributed by atoms with Crippen molar-refractivity contribution >= 4 is 11.6 Å². The fourth-order valence-electron chi connectivity index (χ4n) is 2.95. The minimum Gasteiger partial charge on any atom is -0.353 e. The molecule has 1 heterocycles. The van der Waals surface area contributed by atoms with Gasteiger partial charge in [0.1, 0.15) is 18.0 Å². The monoisotopic (exact) mass is 277 g/mol. The van der Waals surface area contributed by atoms with Crippen molar-refractivity contribution in [3.63, 3.8) is 0 Å². The van der Waals surface area contributed by atoms with E-state index < -0.39 is 0 Å². The second-order valence-electron chi connectivity index (χ2n) is 6.13. The summed E-state index contributed by atoms with van der Waals surface area (Å²) in [5.41, 5.74) is 3.72. The number of anilines is 2. The number of nitrogen functional groups attached to an aromatic ring is 1. The molecule has 1 aromatic heterocycles. The molecule has 0 saturated heterocycles. The van der Waals surface area contributed by atoms with Crippen LogP contribution in [0.15, 0.2) is 6.33 Å². The Morgan fingerprint density at radius 3 is 2.65 bits per heavy atom. The van der Waals surface area contributed by atoms with Crippen LogP contribution >= 0.6 is 0 Å². The van der Waals surface area contributed by atoms with Gasteiger partial charge in [0.2, 0.25) is 0 Å². The van der Waals surface area contributed by atoms with Gasteiger partial charge in [0, 0.05) is 18.2 Å². The number of rotatable bonds is 6. The van der Waals surface area contributed by atoms with Crippen LogP contribution in [-0.4, -0.2) is 22.6 Å². The summed E-state index contributed by atoms with van der Waals surface area (Å²) in [5.74, 6) is 8.01. The highest BCUT2D eigenvalue weighted by Gasteiger charge is 2.25.